The van der Waals surface area contributed by atoms with E-state index >= 15 is 0 Å². The third kappa shape index (κ3) is 2.36. The highest BCUT2D eigenvalue weighted by molar-refractivity contribution is 5.61. The topological polar surface area (TPSA) is 35.2 Å². The van der Waals surface area contributed by atoms with Crippen molar-refractivity contribution in [3.8, 4) is 0 Å². The number of benzene rings is 1. The molecule has 76 valence electrons. The SMILES string of the molecule is C=C(OCC)c1cc(CN)ccc1C. The molecule has 0 unspecified atom stereocenters. The number of rotatable bonds is 4. The summed E-state index contributed by atoms with van der Waals surface area (Å²) in [6, 6.07) is 6.10. The maximum atomic E-state index is 5.57. The molecule has 0 aliphatic rings. The lowest BCUT2D eigenvalue weighted by Crippen LogP contribution is -1.99. The quantitative estimate of drug-likeness (QED) is 0.742. The minimum Gasteiger partial charge on any atom is -0.494 e. The number of hydrogen-bond donors (Lipinski definition) is 1. The number of ether oxygens (including phenoxy) is 1. The summed E-state index contributed by atoms with van der Waals surface area (Å²) in [4.78, 5) is 0. The van der Waals surface area contributed by atoms with Gasteiger partial charge in [-0.2, -0.15) is 0 Å². The molecule has 0 radical (unpaired) electrons. The van der Waals surface area contributed by atoms with Crippen LogP contribution in [-0.2, 0) is 11.3 Å². The molecule has 0 fully saturated rings. The summed E-state index contributed by atoms with van der Waals surface area (Å²) in [6.07, 6.45) is 0. The first-order chi connectivity index (χ1) is 6.69. The van der Waals surface area contributed by atoms with Crippen molar-refractivity contribution in [2.75, 3.05) is 6.61 Å². The molecule has 0 saturated carbocycles. The Labute approximate surface area is 85.4 Å². The van der Waals surface area contributed by atoms with Gasteiger partial charge in [0.05, 0.1) is 6.61 Å². The van der Waals surface area contributed by atoms with Crippen LogP contribution in [0.4, 0.5) is 0 Å². The van der Waals surface area contributed by atoms with Gasteiger partial charge in [0.1, 0.15) is 5.76 Å². The Bertz CT molecular complexity index is 331. The summed E-state index contributed by atoms with van der Waals surface area (Å²) in [5.41, 5.74) is 8.89. The number of nitrogens with two attached hydrogens (primary N) is 1. The second kappa shape index (κ2) is 4.82. The van der Waals surface area contributed by atoms with E-state index in [1.165, 1.54) is 5.56 Å². The highest BCUT2D eigenvalue weighted by atomic mass is 16.5. The molecule has 14 heavy (non-hydrogen) atoms. The van der Waals surface area contributed by atoms with E-state index in [4.69, 9.17) is 10.5 Å². The van der Waals surface area contributed by atoms with Crippen LogP contribution in [0.15, 0.2) is 24.8 Å². The Balaban J connectivity index is 2.99. The molecule has 1 aromatic carbocycles. The molecule has 2 nitrogen and oxygen atoms in total. The van der Waals surface area contributed by atoms with Crippen molar-refractivity contribution in [3.63, 3.8) is 0 Å². The normalized spacial score (nSPS) is 9.93. The van der Waals surface area contributed by atoms with Crippen LogP contribution in [0.3, 0.4) is 0 Å². The first-order valence-corrected chi connectivity index (χ1v) is 4.80. The van der Waals surface area contributed by atoms with Crippen LogP contribution in [0.5, 0.6) is 0 Å². The highest BCUT2D eigenvalue weighted by Crippen LogP contribution is 2.19. The van der Waals surface area contributed by atoms with E-state index in [2.05, 4.69) is 6.58 Å². The van der Waals surface area contributed by atoms with E-state index in [1.54, 1.807) is 0 Å². The van der Waals surface area contributed by atoms with Crippen molar-refractivity contribution in [3.05, 3.63) is 41.5 Å². The van der Waals surface area contributed by atoms with Gasteiger partial charge in [0.15, 0.2) is 0 Å². The summed E-state index contributed by atoms with van der Waals surface area (Å²) >= 11 is 0. The van der Waals surface area contributed by atoms with Crippen LogP contribution >= 0.6 is 0 Å². The highest BCUT2D eigenvalue weighted by Gasteiger charge is 2.04. The summed E-state index contributed by atoms with van der Waals surface area (Å²) in [7, 11) is 0. The van der Waals surface area contributed by atoms with Gasteiger partial charge in [0.25, 0.3) is 0 Å². The molecule has 2 heteroatoms. The van der Waals surface area contributed by atoms with Crippen molar-refractivity contribution in [1.29, 1.82) is 0 Å². The van der Waals surface area contributed by atoms with Crippen LogP contribution in [0.2, 0.25) is 0 Å². The molecule has 0 aliphatic heterocycles. The molecule has 0 aliphatic carbocycles. The summed E-state index contributed by atoms with van der Waals surface area (Å²) < 4.78 is 5.37. The maximum absolute atomic E-state index is 5.57. The van der Waals surface area contributed by atoms with Crippen LogP contribution in [0.25, 0.3) is 5.76 Å². The molecule has 0 atom stereocenters. The Hall–Kier alpha value is -1.28. The predicted molar refractivity (Wildman–Crippen MR) is 59.7 cm³/mol. The van der Waals surface area contributed by atoms with Crippen LogP contribution in [-0.4, -0.2) is 6.61 Å². The first kappa shape index (κ1) is 10.8. The van der Waals surface area contributed by atoms with E-state index in [9.17, 15) is 0 Å². The largest absolute Gasteiger partial charge is 0.494 e. The lowest BCUT2D eigenvalue weighted by atomic mass is 10.0. The predicted octanol–water partition coefficient (Wildman–Crippen LogP) is 2.46. The molecule has 1 rings (SSSR count). The molecule has 1 aromatic rings. The van der Waals surface area contributed by atoms with Gasteiger partial charge in [-0.15, -0.1) is 0 Å². The molecule has 2 N–H and O–H groups in total. The van der Waals surface area contributed by atoms with Crippen LogP contribution in [0.1, 0.15) is 23.6 Å². The molecular formula is C12H17NO. The fourth-order valence-electron chi connectivity index (χ4n) is 1.35. The van der Waals surface area contributed by atoms with Gasteiger partial charge in [-0.1, -0.05) is 18.7 Å². The average molecular weight is 191 g/mol. The summed E-state index contributed by atoms with van der Waals surface area (Å²) in [5.74, 6) is 0.723. The molecule has 0 bridgehead atoms. The van der Waals surface area contributed by atoms with Gasteiger partial charge in [0.2, 0.25) is 0 Å². The monoisotopic (exact) mass is 191 g/mol. The lowest BCUT2D eigenvalue weighted by Gasteiger charge is -2.11. The molecule has 0 aromatic heterocycles. The Morgan fingerprint density at radius 3 is 2.79 bits per heavy atom. The smallest absolute Gasteiger partial charge is 0.119 e. The minimum absolute atomic E-state index is 0.548. The summed E-state index contributed by atoms with van der Waals surface area (Å²) in [5, 5.41) is 0. The van der Waals surface area contributed by atoms with Crippen molar-refractivity contribution in [2.24, 2.45) is 5.73 Å². The van der Waals surface area contributed by atoms with Gasteiger partial charge in [0, 0.05) is 12.1 Å². The first-order valence-electron chi connectivity index (χ1n) is 4.80. The van der Waals surface area contributed by atoms with Gasteiger partial charge in [-0.3, -0.25) is 0 Å². The number of aryl methyl sites for hydroxylation is 1. The standard InChI is InChI=1S/C12H17NO/c1-4-14-10(3)12-7-11(8-13)6-5-9(12)2/h5-7H,3-4,8,13H2,1-2H3. The second-order valence-corrected chi connectivity index (χ2v) is 3.21. The van der Waals surface area contributed by atoms with E-state index in [-0.39, 0.29) is 0 Å². The van der Waals surface area contributed by atoms with Crippen molar-refractivity contribution >= 4 is 5.76 Å². The van der Waals surface area contributed by atoms with Crippen LogP contribution in [0, 0.1) is 6.92 Å². The third-order valence-electron chi connectivity index (χ3n) is 2.16. The Morgan fingerprint density at radius 1 is 1.50 bits per heavy atom. The maximum Gasteiger partial charge on any atom is 0.119 e. The van der Waals surface area contributed by atoms with Crippen molar-refractivity contribution in [1.82, 2.24) is 0 Å². The lowest BCUT2D eigenvalue weighted by molar-refractivity contribution is 0.299. The van der Waals surface area contributed by atoms with Gasteiger partial charge in [-0.05, 0) is 31.0 Å². The molecular weight excluding hydrogens is 174 g/mol. The summed E-state index contributed by atoms with van der Waals surface area (Å²) in [6.45, 7) is 9.07. The van der Waals surface area contributed by atoms with E-state index in [0.29, 0.717) is 13.2 Å². The molecule has 0 spiro atoms. The zero-order valence-corrected chi connectivity index (χ0v) is 8.84. The van der Waals surface area contributed by atoms with Gasteiger partial charge in [-0.25, -0.2) is 0 Å². The van der Waals surface area contributed by atoms with E-state index < -0.39 is 0 Å². The Kier molecular flexibility index (Phi) is 3.72. The molecule has 0 amide bonds. The Morgan fingerprint density at radius 2 is 2.21 bits per heavy atom. The minimum atomic E-state index is 0.548. The van der Waals surface area contributed by atoms with Crippen LogP contribution < -0.4 is 5.73 Å². The molecule has 0 heterocycles. The fourth-order valence-corrected chi connectivity index (χ4v) is 1.35. The third-order valence-corrected chi connectivity index (χ3v) is 2.16. The van der Waals surface area contributed by atoms with Gasteiger partial charge < -0.3 is 10.5 Å². The average Bonchev–Trinajstić information content (AvgIpc) is 2.19. The van der Waals surface area contributed by atoms with E-state index in [0.717, 1.165) is 16.9 Å². The van der Waals surface area contributed by atoms with Crippen molar-refractivity contribution in [2.45, 2.75) is 20.4 Å². The second-order valence-electron chi connectivity index (χ2n) is 3.21. The van der Waals surface area contributed by atoms with Gasteiger partial charge >= 0.3 is 0 Å². The zero-order chi connectivity index (χ0) is 10.6. The zero-order valence-electron chi connectivity index (χ0n) is 8.84. The molecule has 0 saturated heterocycles. The number of hydrogen-bond acceptors (Lipinski definition) is 2. The van der Waals surface area contributed by atoms with Crippen molar-refractivity contribution < 1.29 is 4.74 Å². The fraction of sp³-hybridized carbons (Fsp3) is 0.333. The van der Waals surface area contributed by atoms with E-state index in [1.807, 2.05) is 32.0 Å².